The highest BCUT2D eigenvalue weighted by Crippen LogP contribution is 2.36. The van der Waals surface area contributed by atoms with Crippen molar-refractivity contribution in [1.29, 1.82) is 0 Å². The van der Waals surface area contributed by atoms with E-state index >= 15 is 0 Å². The van der Waals surface area contributed by atoms with E-state index in [4.69, 9.17) is 4.74 Å². The van der Waals surface area contributed by atoms with Gasteiger partial charge in [0.15, 0.2) is 6.17 Å². The van der Waals surface area contributed by atoms with Crippen molar-refractivity contribution in [1.82, 2.24) is 5.32 Å². The Hall–Kier alpha value is -2.39. The number of carboxylic acids is 1. The van der Waals surface area contributed by atoms with Gasteiger partial charge in [-0.25, -0.2) is 0 Å². The molecule has 0 aromatic heterocycles. The summed E-state index contributed by atoms with van der Waals surface area (Å²) in [7, 11) is 0. The third kappa shape index (κ3) is 5.81. The number of quaternary nitrogens is 1. The van der Waals surface area contributed by atoms with Crippen LogP contribution in [-0.4, -0.2) is 41.6 Å². The van der Waals surface area contributed by atoms with Crippen molar-refractivity contribution in [3.05, 3.63) is 69.9 Å². The summed E-state index contributed by atoms with van der Waals surface area (Å²) in [6, 6.07) is 12.7. The van der Waals surface area contributed by atoms with Gasteiger partial charge in [-0.3, -0.25) is 14.9 Å². The second kappa shape index (κ2) is 11.4. The van der Waals surface area contributed by atoms with E-state index in [0.29, 0.717) is 18.6 Å². The van der Waals surface area contributed by atoms with Crippen LogP contribution in [0.3, 0.4) is 0 Å². The van der Waals surface area contributed by atoms with Gasteiger partial charge in [-0.15, -0.1) is 11.8 Å². The van der Waals surface area contributed by atoms with E-state index < -0.39 is 24.2 Å². The molecule has 2 aliphatic rings. The van der Waals surface area contributed by atoms with Gasteiger partial charge in [0.1, 0.15) is 18.5 Å². The highest BCUT2D eigenvalue weighted by molar-refractivity contribution is 7.99. The number of rotatable bonds is 9. The molecular weight excluding hydrogens is 452 g/mol. The van der Waals surface area contributed by atoms with Crippen LogP contribution in [0.4, 0.5) is 0 Å². The first kappa shape index (κ1) is 24.7. The maximum absolute atomic E-state index is 13.6. The Bertz CT molecular complexity index is 1020. The molecule has 7 nitrogen and oxygen atoms in total. The molecule has 0 bridgehead atoms. The Kier molecular flexibility index (Phi) is 8.26. The van der Waals surface area contributed by atoms with E-state index in [9.17, 15) is 19.9 Å². The van der Waals surface area contributed by atoms with Crippen molar-refractivity contribution in [2.45, 2.75) is 68.6 Å². The molecular formula is C26H32N2O5S. The maximum atomic E-state index is 13.6. The van der Waals surface area contributed by atoms with Gasteiger partial charge >= 0.3 is 11.9 Å². The number of hydroxylamine groups is 2. The summed E-state index contributed by atoms with van der Waals surface area (Å²) in [5.74, 6) is -0.935. The molecule has 1 aliphatic carbocycles. The van der Waals surface area contributed by atoms with Gasteiger partial charge in [0.05, 0.1) is 12.4 Å². The zero-order chi connectivity index (χ0) is 24.1. The Morgan fingerprint density at radius 1 is 1.24 bits per heavy atom. The smallest absolute Gasteiger partial charge is 0.323 e. The molecule has 8 heteroatoms. The summed E-state index contributed by atoms with van der Waals surface area (Å²) in [4.78, 5) is 25.4. The van der Waals surface area contributed by atoms with Gasteiger partial charge in [-0.05, 0) is 67.9 Å². The predicted molar refractivity (Wildman–Crippen MR) is 131 cm³/mol. The molecule has 34 heavy (non-hydrogen) atoms. The Morgan fingerprint density at radius 3 is 2.68 bits per heavy atom. The van der Waals surface area contributed by atoms with Crippen LogP contribution >= 0.6 is 11.8 Å². The van der Waals surface area contributed by atoms with E-state index in [-0.39, 0.29) is 24.1 Å². The molecule has 4 atom stereocenters. The third-order valence-electron chi connectivity index (χ3n) is 6.61. The number of benzene rings is 2. The molecule has 1 heterocycles. The topological polar surface area (TPSA) is 103 Å². The molecule has 2 aromatic carbocycles. The number of hydrogen-bond donors (Lipinski definition) is 3. The van der Waals surface area contributed by atoms with E-state index in [1.807, 2.05) is 30.3 Å². The number of carboxylic acid groups (broad SMARTS) is 1. The van der Waals surface area contributed by atoms with E-state index in [2.05, 4.69) is 17.4 Å². The molecule has 1 aliphatic heterocycles. The lowest BCUT2D eigenvalue weighted by Crippen LogP contribution is -3.14. The van der Waals surface area contributed by atoms with Crippen molar-refractivity contribution in [3.8, 4) is 0 Å². The standard InChI is InChI=1S/C26H32N2O5S/c1-2-33-26(31)21(12-11-17-7-4-3-5-8-17)27-24-16-34-23-14-19-10-6-9-18(19)13-20(23)22(28(24)32)15-25(29)30/h3-5,7-8,13-14,21-22,24,27-28H,2,6,9-12,15-16H2,1H3,(H,29,30)/t21?,22?,24-/m1/s1. The highest BCUT2D eigenvalue weighted by atomic mass is 32.2. The van der Waals surface area contributed by atoms with Crippen LogP contribution in [0, 0.1) is 5.21 Å². The predicted octanol–water partition coefficient (Wildman–Crippen LogP) is 2.66. The average molecular weight is 485 g/mol. The second-order valence-electron chi connectivity index (χ2n) is 8.92. The zero-order valence-electron chi connectivity index (χ0n) is 19.4. The van der Waals surface area contributed by atoms with Crippen LogP contribution in [0.15, 0.2) is 47.4 Å². The van der Waals surface area contributed by atoms with Crippen LogP contribution in [0.2, 0.25) is 0 Å². The number of aliphatic carboxylic acids is 1. The van der Waals surface area contributed by atoms with Crippen molar-refractivity contribution in [2.75, 3.05) is 12.4 Å². The lowest BCUT2D eigenvalue weighted by atomic mass is 9.98. The molecule has 182 valence electrons. The Labute approximate surface area is 204 Å². The van der Waals surface area contributed by atoms with Crippen molar-refractivity contribution < 1.29 is 24.5 Å². The van der Waals surface area contributed by atoms with Gasteiger partial charge in [-0.1, -0.05) is 30.3 Å². The SMILES string of the molecule is CCOC(=O)C(CCc1ccccc1)N[C@H]1CSc2cc3c(cc2C(CC(=O)O)[NH+]1[O-])CCC3. The minimum Gasteiger partial charge on any atom is -0.633 e. The summed E-state index contributed by atoms with van der Waals surface area (Å²) < 4.78 is 5.29. The number of carbonyl (C=O) groups is 2. The lowest BCUT2D eigenvalue weighted by molar-refractivity contribution is -0.908. The Balaban J connectivity index is 1.56. The lowest BCUT2D eigenvalue weighted by Gasteiger charge is -2.37. The van der Waals surface area contributed by atoms with E-state index in [0.717, 1.165) is 35.3 Å². The van der Waals surface area contributed by atoms with Crippen LogP contribution in [0.1, 0.15) is 54.5 Å². The summed E-state index contributed by atoms with van der Waals surface area (Å²) in [6.07, 6.45) is 3.34. The number of ether oxygens (including phenoxy) is 1. The van der Waals surface area contributed by atoms with Crippen LogP contribution < -0.4 is 10.4 Å². The van der Waals surface area contributed by atoms with Gasteiger partial charge in [-0.2, -0.15) is 0 Å². The average Bonchev–Trinajstić information content (AvgIpc) is 3.25. The van der Waals surface area contributed by atoms with E-state index in [1.165, 1.54) is 11.1 Å². The zero-order valence-corrected chi connectivity index (χ0v) is 20.2. The first-order valence-electron chi connectivity index (χ1n) is 12.0. The molecule has 0 amide bonds. The minimum atomic E-state index is -0.999. The summed E-state index contributed by atoms with van der Waals surface area (Å²) >= 11 is 1.57. The molecule has 0 spiro atoms. The molecule has 3 N–H and O–H groups in total. The summed E-state index contributed by atoms with van der Waals surface area (Å²) in [5.41, 5.74) is 4.44. The van der Waals surface area contributed by atoms with Gasteiger partial charge in [0.2, 0.25) is 0 Å². The first-order chi connectivity index (χ1) is 16.5. The maximum Gasteiger partial charge on any atom is 0.323 e. The number of fused-ring (bicyclic) bond motifs is 2. The van der Waals surface area contributed by atoms with Crippen molar-refractivity contribution in [2.24, 2.45) is 0 Å². The summed E-state index contributed by atoms with van der Waals surface area (Å²) in [5, 5.41) is 26.3. The first-order valence-corrected chi connectivity index (χ1v) is 13.0. The molecule has 0 saturated carbocycles. The number of nitrogens with one attached hydrogen (secondary N) is 2. The van der Waals surface area contributed by atoms with Crippen LogP contribution in [0.25, 0.3) is 0 Å². The number of aryl methyl sites for hydroxylation is 3. The van der Waals surface area contributed by atoms with Crippen LogP contribution in [0.5, 0.6) is 0 Å². The summed E-state index contributed by atoms with van der Waals surface area (Å²) in [6.45, 7) is 2.02. The number of esters is 1. The monoisotopic (exact) mass is 484 g/mol. The number of carbonyl (C=O) groups excluding carboxylic acids is 1. The quantitative estimate of drug-likeness (QED) is 0.371. The molecule has 2 aromatic rings. The Morgan fingerprint density at radius 2 is 1.97 bits per heavy atom. The number of thioether (sulfide) groups is 1. The third-order valence-corrected chi connectivity index (χ3v) is 7.77. The number of hydrogen-bond acceptors (Lipinski definition) is 6. The van der Waals surface area contributed by atoms with Crippen molar-refractivity contribution in [3.63, 3.8) is 0 Å². The molecule has 0 fully saturated rings. The fraction of sp³-hybridized carbons (Fsp3) is 0.462. The molecule has 0 saturated heterocycles. The fourth-order valence-corrected chi connectivity index (χ4v) is 6.10. The molecule has 4 rings (SSSR count). The normalized spacial score (nSPS) is 22.4. The molecule has 3 unspecified atom stereocenters. The van der Waals surface area contributed by atoms with Gasteiger partial charge < -0.3 is 20.1 Å². The van der Waals surface area contributed by atoms with Gasteiger partial charge in [0, 0.05) is 10.5 Å². The molecule has 0 radical (unpaired) electrons. The highest BCUT2D eigenvalue weighted by Gasteiger charge is 2.36. The van der Waals surface area contributed by atoms with Crippen LogP contribution in [-0.2, 0) is 33.6 Å². The van der Waals surface area contributed by atoms with E-state index in [1.54, 1.807) is 18.7 Å². The minimum absolute atomic E-state index is 0.166. The van der Waals surface area contributed by atoms with Gasteiger partial charge in [0.25, 0.3) is 0 Å². The second-order valence-corrected chi connectivity index (χ2v) is 9.99. The van der Waals surface area contributed by atoms with Crippen molar-refractivity contribution >= 4 is 23.7 Å². The fourth-order valence-electron chi connectivity index (χ4n) is 4.90. The largest absolute Gasteiger partial charge is 0.633 e.